The number of sulfonamides is 1. The fourth-order valence-electron chi connectivity index (χ4n) is 2.57. The van der Waals surface area contributed by atoms with Crippen molar-refractivity contribution in [3.63, 3.8) is 0 Å². The van der Waals surface area contributed by atoms with Gasteiger partial charge in [-0.05, 0) is 55.8 Å². The van der Waals surface area contributed by atoms with Crippen molar-refractivity contribution in [1.82, 2.24) is 4.72 Å². The van der Waals surface area contributed by atoms with Crippen LogP contribution in [-0.4, -0.2) is 40.9 Å². The molecular weight excluding hydrogens is 384 g/mol. The lowest BCUT2D eigenvalue weighted by atomic mass is 10.2. The number of hydrogen-bond donors (Lipinski definition) is 2. The lowest BCUT2D eigenvalue weighted by molar-refractivity contribution is 0.102. The quantitative estimate of drug-likeness (QED) is 0.620. The molecule has 0 saturated carbocycles. The highest BCUT2D eigenvalue weighted by molar-refractivity contribution is 7.89. The summed E-state index contributed by atoms with van der Waals surface area (Å²) in [7, 11) is -3.60. The van der Waals surface area contributed by atoms with Gasteiger partial charge in [0, 0.05) is 31.0 Å². The van der Waals surface area contributed by atoms with Crippen molar-refractivity contribution >= 4 is 21.6 Å². The van der Waals surface area contributed by atoms with Gasteiger partial charge in [0.15, 0.2) is 11.5 Å². The number of amides is 1. The number of carbonyl (C=O) groups is 1. The van der Waals surface area contributed by atoms with E-state index >= 15 is 0 Å². The summed E-state index contributed by atoms with van der Waals surface area (Å²) in [5.74, 6) is 0.785. The number of benzene rings is 2. The average molecular weight is 406 g/mol. The second kappa shape index (κ2) is 9.05. The van der Waals surface area contributed by atoms with Crippen LogP contribution in [0.4, 0.5) is 5.69 Å². The predicted octanol–water partition coefficient (Wildman–Crippen LogP) is 2.37. The molecule has 3 rings (SSSR count). The number of carbonyl (C=O) groups excluding carboxylic acids is 1. The van der Waals surface area contributed by atoms with Crippen molar-refractivity contribution in [2.75, 3.05) is 31.9 Å². The summed E-state index contributed by atoms with van der Waals surface area (Å²) < 4.78 is 42.7. The zero-order valence-electron chi connectivity index (χ0n) is 15.4. The van der Waals surface area contributed by atoms with Crippen LogP contribution >= 0.6 is 0 Å². The molecule has 8 nitrogen and oxygen atoms in total. The normalized spacial score (nSPS) is 12.8. The minimum absolute atomic E-state index is 0.130. The summed E-state index contributed by atoms with van der Waals surface area (Å²) in [6, 6.07) is 10.9. The molecule has 28 heavy (non-hydrogen) atoms. The lowest BCUT2D eigenvalue weighted by Crippen LogP contribution is -2.25. The Balaban J connectivity index is 1.58. The van der Waals surface area contributed by atoms with E-state index in [1.165, 1.54) is 12.1 Å². The molecule has 0 aromatic heterocycles. The standard InChI is InChI=1S/C19H22N2O6S/c1-2-25-11-3-10-20-28(23,24)16-7-5-15(6-8-16)21-19(22)14-4-9-17-18(12-14)27-13-26-17/h4-9,12,20H,2-3,10-11,13H2,1H3,(H,21,22). The van der Waals surface area contributed by atoms with Gasteiger partial charge in [0.1, 0.15) is 0 Å². The van der Waals surface area contributed by atoms with Crippen LogP contribution in [0.15, 0.2) is 47.4 Å². The van der Waals surface area contributed by atoms with Crippen LogP contribution in [0.25, 0.3) is 0 Å². The Labute approximate surface area is 163 Å². The monoisotopic (exact) mass is 406 g/mol. The van der Waals surface area contributed by atoms with Gasteiger partial charge in [-0.25, -0.2) is 13.1 Å². The number of ether oxygens (including phenoxy) is 3. The molecule has 150 valence electrons. The van der Waals surface area contributed by atoms with E-state index in [9.17, 15) is 13.2 Å². The van der Waals surface area contributed by atoms with Crippen molar-refractivity contribution in [3.8, 4) is 11.5 Å². The fraction of sp³-hybridized carbons (Fsp3) is 0.316. The molecule has 9 heteroatoms. The molecule has 1 amide bonds. The molecule has 0 fully saturated rings. The first-order valence-corrected chi connectivity index (χ1v) is 10.4. The Bertz CT molecular complexity index is 928. The molecule has 0 atom stereocenters. The third-order valence-corrected chi connectivity index (χ3v) is 5.50. The van der Waals surface area contributed by atoms with Crippen LogP contribution in [0, 0.1) is 0 Å². The lowest BCUT2D eigenvalue weighted by Gasteiger charge is -2.09. The molecular formula is C19H22N2O6S. The zero-order chi connectivity index (χ0) is 20.0. The van der Waals surface area contributed by atoms with Gasteiger partial charge in [-0.2, -0.15) is 0 Å². The first-order valence-electron chi connectivity index (χ1n) is 8.88. The van der Waals surface area contributed by atoms with Crippen LogP contribution in [0.5, 0.6) is 11.5 Å². The highest BCUT2D eigenvalue weighted by atomic mass is 32.2. The van der Waals surface area contributed by atoms with Crippen molar-refractivity contribution in [1.29, 1.82) is 0 Å². The maximum Gasteiger partial charge on any atom is 0.255 e. The average Bonchev–Trinajstić information content (AvgIpc) is 3.16. The van der Waals surface area contributed by atoms with E-state index in [0.717, 1.165) is 0 Å². The topological polar surface area (TPSA) is 103 Å². The first-order chi connectivity index (χ1) is 13.5. The maximum absolute atomic E-state index is 12.4. The van der Waals surface area contributed by atoms with E-state index in [1.54, 1.807) is 30.3 Å². The van der Waals surface area contributed by atoms with E-state index in [4.69, 9.17) is 14.2 Å². The SMILES string of the molecule is CCOCCCNS(=O)(=O)c1ccc(NC(=O)c2ccc3c(c2)OCO3)cc1. The van der Waals surface area contributed by atoms with Gasteiger partial charge in [0.05, 0.1) is 4.90 Å². The Hall–Kier alpha value is -2.62. The second-order valence-corrected chi connectivity index (χ2v) is 7.76. The minimum atomic E-state index is -3.60. The molecule has 2 aromatic carbocycles. The van der Waals surface area contributed by atoms with Crippen LogP contribution in [0.1, 0.15) is 23.7 Å². The fourth-order valence-corrected chi connectivity index (χ4v) is 3.64. The Morgan fingerprint density at radius 3 is 2.61 bits per heavy atom. The van der Waals surface area contributed by atoms with Gasteiger partial charge in [0.25, 0.3) is 5.91 Å². The van der Waals surface area contributed by atoms with E-state index in [2.05, 4.69) is 10.0 Å². The molecule has 0 bridgehead atoms. The molecule has 1 aliphatic rings. The van der Waals surface area contributed by atoms with E-state index in [1.807, 2.05) is 6.92 Å². The van der Waals surface area contributed by atoms with E-state index < -0.39 is 10.0 Å². The number of anilines is 1. The Kier molecular flexibility index (Phi) is 6.50. The zero-order valence-corrected chi connectivity index (χ0v) is 16.3. The number of hydrogen-bond acceptors (Lipinski definition) is 6. The molecule has 0 aliphatic carbocycles. The van der Waals surface area contributed by atoms with Crippen LogP contribution in [0.3, 0.4) is 0 Å². The van der Waals surface area contributed by atoms with Crippen LogP contribution in [-0.2, 0) is 14.8 Å². The van der Waals surface area contributed by atoms with Crippen molar-refractivity contribution in [2.24, 2.45) is 0 Å². The van der Waals surface area contributed by atoms with Gasteiger partial charge in [-0.3, -0.25) is 4.79 Å². The largest absolute Gasteiger partial charge is 0.454 e. The number of rotatable bonds is 9. The molecule has 2 N–H and O–H groups in total. The molecule has 0 spiro atoms. The summed E-state index contributed by atoms with van der Waals surface area (Å²) in [6.07, 6.45) is 0.594. The van der Waals surface area contributed by atoms with Gasteiger partial charge in [-0.15, -0.1) is 0 Å². The smallest absolute Gasteiger partial charge is 0.255 e. The van der Waals surface area contributed by atoms with Crippen molar-refractivity contribution in [3.05, 3.63) is 48.0 Å². The summed E-state index contributed by atoms with van der Waals surface area (Å²) in [6.45, 7) is 3.42. The predicted molar refractivity (Wildman–Crippen MR) is 103 cm³/mol. The van der Waals surface area contributed by atoms with Crippen molar-refractivity contribution in [2.45, 2.75) is 18.2 Å². The molecule has 1 aliphatic heterocycles. The number of nitrogens with one attached hydrogen (secondary N) is 2. The highest BCUT2D eigenvalue weighted by Crippen LogP contribution is 2.32. The summed E-state index contributed by atoms with van der Waals surface area (Å²) in [4.78, 5) is 12.5. The summed E-state index contributed by atoms with van der Waals surface area (Å²) in [5.41, 5.74) is 0.898. The van der Waals surface area contributed by atoms with Gasteiger partial charge in [-0.1, -0.05) is 0 Å². The third kappa shape index (κ3) is 5.00. The molecule has 0 unspecified atom stereocenters. The third-order valence-electron chi connectivity index (χ3n) is 4.02. The minimum Gasteiger partial charge on any atom is -0.454 e. The second-order valence-electron chi connectivity index (χ2n) is 5.99. The van der Waals surface area contributed by atoms with E-state index in [0.29, 0.717) is 48.9 Å². The van der Waals surface area contributed by atoms with Gasteiger partial charge < -0.3 is 19.5 Å². The molecule has 0 saturated heterocycles. The molecule has 2 aromatic rings. The summed E-state index contributed by atoms with van der Waals surface area (Å²) >= 11 is 0. The van der Waals surface area contributed by atoms with Crippen molar-refractivity contribution < 1.29 is 27.4 Å². The summed E-state index contributed by atoms with van der Waals surface area (Å²) in [5, 5.41) is 2.73. The Morgan fingerprint density at radius 2 is 1.86 bits per heavy atom. The van der Waals surface area contributed by atoms with E-state index in [-0.39, 0.29) is 17.6 Å². The Morgan fingerprint density at radius 1 is 1.11 bits per heavy atom. The number of fused-ring (bicyclic) bond motifs is 1. The van der Waals surface area contributed by atoms with Gasteiger partial charge in [0.2, 0.25) is 16.8 Å². The maximum atomic E-state index is 12.4. The first kappa shape index (κ1) is 20.1. The molecule has 0 radical (unpaired) electrons. The molecule has 1 heterocycles. The van der Waals surface area contributed by atoms with Gasteiger partial charge >= 0.3 is 0 Å². The van der Waals surface area contributed by atoms with Crippen LogP contribution < -0.4 is 19.5 Å². The highest BCUT2D eigenvalue weighted by Gasteiger charge is 2.17. The van der Waals surface area contributed by atoms with Crippen LogP contribution in [0.2, 0.25) is 0 Å².